The summed E-state index contributed by atoms with van der Waals surface area (Å²) >= 11 is 0. The smallest absolute Gasteiger partial charge is 0.146 e. The van der Waals surface area contributed by atoms with E-state index in [4.69, 9.17) is 25.0 Å². The van der Waals surface area contributed by atoms with Crippen molar-refractivity contribution in [3.8, 4) is 0 Å². The minimum atomic E-state index is -1.00. The van der Waals surface area contributed by atoms with E-state index in [1.165, 1.54) is 24.8 Å². The molecule has 42 heavy (non-hydrogen) atoms. The molecular weight excluding hydrogens is 518 g/mol. The van der Waals surface area contributed by atoms with Crippen LogP contribution in [0.4, 0.5) is 0 Å². The average molecular weight is 552 g/mol. The third-order valence-electron chi connectivity index (χ3n) is 9.25. The second kappa shape index (κ2) is 11.3. The fourth-order valence-corrected chi connectivity index (χ4v) is 7.66. The van der Waals surface area contributed by atoms with Crippen LogP contribution in [0.1, 0.15) is 73.4 Å². The van der Waals surface area contributed by atoms with Gasteiger partial charge in [0.25, 0.3) is 0 Å². The Morgan fingerprint density at radius 2 is 1.43 bits per heavy atom. The number of nitrogens with zero attached hydrogens (tertiary/aromatic N) is 7. The Balaban J connectivity index is 1.71. The van der Waals surface area contributed by atoms with Gasteiger partial charge in [-0.3, -0.25) is 15.0 Å². The quantitative estimate of drug-likeness (QED) is 0.236. The van der Waals surface area contributed by atoms with Crippen LogP contribution in [0.25, 0.3) is 5.57 Å². The minimum absolute atomic E-state index is 0.438. The molecule has 0 aliphatic heterocycles. The molecule has 0 spiro atoms. The number of allylic oxidation sites excluding steroid dienone is 2. The summed E-state index contributed by atoms with van der Waals surface area (Å²) in [7, 11) is 0. The maximum absolute atomic E-state index is 5.10. The molecule has 5 aromatic rings. The van der Waals surface area contributed by atoms with Gasteiger partial charge in [-0.25, -0.2) is 9.97 Å². The Morgan fingerprint density at radius 3 is 2.14 bits per heavy atom. The fraction of sp³-hybridized carbons (Fsp3) is 0.286. The van der Waals surface area contributed by atoms with Crippen molar-refractivity contribution in [2.24, 2.45) is 5.92 Å². The molecule has 0 radical (unpaired) electrons. The van der Waals surface area contributed by atoms with E-state index in [2.05, 4.69) is 58.6 Å². The standard InChI is InChI=1S/C35H33N7/c1-3-11-26(12-4-1)28-17-18-34(27-13-5-2-6-14-27,30-16-7-8-19-37-30)35(31-25-36-23-24-38-31,33-39-20-10-21-40-33)32(28)29-15-9-22-41-42-29/h2,5-10,13-16,19-26H,1,3-4,11-12,17-18H2. The van der Waals surface area contributed by atoms with Gasteiger partial charge in [-0.2, -0.15) is 10.2 Å². The van der Waals surface area contributed by atoms with E-state index in [0.717, 1.165) is 53.9 Å². The lowest BCUT2D eigenvalue weighted by atomic mass is 9.47. The largest absolute Gasteiger partial charge is 0.261 e. The van der Waals surface area contributed by atoms with Gasteiger partial charge >= 0.3 is 0 Å². The normalized spacial score (nSPS) is 23.0. The van der Waals surface area contributed by atoms with Crippen LogP contribution >= 0.6 is 0 Å². The lowest BCUT2D eigenvalue weighted by Gasteiger charge is -2.54. The molecule has 1 fully saturated rings. The number of pyridine rings is 1. The lowest BCUT2D eigenvalue weighted by Crippen LogP contribution is -2.56. The number of hydrogen-bond donors (Lipinski definition) is 0. The third-order valence-corrected chi connectivity index (χ3v) is 9.25. The predicted molar refractivity (Wildman–Crippen MR) is 161 cm³/mol. The van der Waals surface area contributed by atoms with Gasteiger partial charge in [0.05, 0.1) is 22.5 Å². The molecular formula is C35H33N7. The van der Waals surface area contributed by atoms with E-state index in [1.54, 1.807) is 18.6 Å². The molecule has 2 atom stereocenters. The van der Waals surface area contributed by atoms with Crippen molar-refractivity contribution in [2.45, 2.75) is 55.8 Å². The molecule has 7 heteroatoms. The molecule has 1 aromatic carbocycles. The van der Waals surface area contributed by atoms with E-state index < -0.39 is 10.8 Å². The number of rotatable bonds is 6. The first-order chi connectivity index (χ1) is 20.9. The van der Waals surface area contributed by atoms with Crippen LogP contribution in [0.5, 0.6) is 0 Å². The molecule has 7 nitrogen and oxygen atoms in total. The van der Waals surface area contributed by atoms with Gasteiger partial charge < -0.3 is 0 Å². The Bertz CT molecular complexity index is 1560. The first-order valence-electron chi connectivity index (χ1n) is 14.9. The summed E-state index contributed by atoms with van der Waals surface area (Å²) in [5, 5.41) is 9.22. The number of aromatic nitrogens is 7. The average Bonchev–Trinajstić information content (AvgIpc) is 3.10. The Hall–Kier alpha value is -4.65. The molecule has 4 heterocycles. The Kier molecular flexibility index (Phi) is 7.08. The van der Waals surface area contributed by atoms with Crippen molar-refractivity contribution in [1.82, 2.24) is 35.1 Å². The van der Waals surface area contributed by atoms with Gasteiger partial charge in [0, 0.05) is 49.0 Å². The first kappa shape index (κ1) is 26.3. The van der Waals surface area contributed by atoms with Crippen molar-refractivity contribution >= 4 is 5.57 Å². The van der Waals surface area contributed by atoms with E-state index >= 15 is 0 Å². The van der Waals surface area contributed by atoms with E-state index in [1.807, 2.05) is 43.0 Å². The van der Waals surface area contributed by atoms with Crippen LogP contribution in [0.3, 0.4) is 0 Å². The zero-order valence-corrected chi connectivity index (χ0v) is 23.5. The van der Waals surface area contributed by atoms with E-state index in [9.17, 15) is 0 Å². The summed E-state index contributed by atoms with van der Waals surface area (Å²) < 4.78 is 0. The molecule has 4 aromatic heterocycles. The van der Waals surface area contributed by atoms with Gasteiger partial charge in [0.15, 0.2) is 0 Å². The van der Waals surface area contributed by atoms with E-state index in [0.29, 0.717) is 11.7 Å². The monoisotopic (exact) mass is 551 g/mol. The molecule has 0 saturated heterocycles. The molecule has 2 unspecified atom stereocenters. The number of hydrogen-bond acceptors (Lipinski definition) is 7. The molecule has 2 aliphatic carbocycles. The highest BCUT2D eigenvalue weighted by Crippen LogP contribution is 2.64. The summed E-state index contributed by atoms with van der Waals surface area (Å²) in [5.41, 5.74) is 4.46. The molecule has 0 amide bonds. The van der Waals surface area contributed by atoms with Crippen LogP contribution in [-0.2, 0) is 10.8 Å². The van der Waals surface area contributed by atoms with Crippen LogP contribution in [-0.4, -0.2) is 35.1 Å². The van der Waals surface area contributed by atoms with Crippen molar-refractivity contribution in [1.29, 1.82) is 0 Å². The second-order valence-electron chi connectivity index (χ2n) is 11.2. The SMILES string of the molecule is c1ccc(C2(c3ccccn3)CCC(C3CCCCC3)=C(c3cccnn3)C2(c2cnccn2)c2ncccn2)cc1. The van der Waals surface area contributed by atoms with Crippen molar-refractivity contribution in [2.75, 3.05) is 0 Å². The second-order valence-corrected chi connectivity index (χ2v) is 11.2. The van der Waals surface area contributed by atoms with Crippen LogP contribution in [0.2, 0.25) is 0 Å². The summed E-state index contributed by atoms with van der Waals surface area (Å²) in [6.45, 7) is 0. The zero-order chi connectivity index (χ0) is 28.2. The molecule has 208 valence electrons. The van der Waals surface area contributed by atoms with Gasteiger partial charge in [-0.1, -0.05) is 61.2 Å². The summed E-state index contributed by atoms with van der Waals surface area (Å²) in [4.78, 5) is 25.0. The third kappa shape index (κ3) is 4.14. The van der Waals surface area contributed by atoms with Crippen molar-refractivity contribution < 1.29 is 0 Å². The molecule has 7 rings (SSSR count). The first-order valence-corrected chi connectivity index (χ1v) is 14.9. The maximum atomic E-state index is 5.10. The lowest BCUT2D eigenvalue weighted by molar-refractivity contribution is 0.288. The Labute approximate surface area is 246 Å². The topological polar surface area (TPSA) is 90.2 Å². The van der Waals surface area contributed by atoms with Crippen LogP contribution < -0.4 is 0 Å². The van der Waals surface area contributed by atoms with Crippen molar-refractivity contribution in [3.05, 3.63) is 144 Å². The highest BCUT2D eigenvalue weighted by molar-refractivity contribution is 5.84. The van der Waals surface area contributed by atoms with Crippen LogP contribution in [0, 0.1) is 5.92 Å². The summed E-state index contributed by atoms with van der Waals surface area (Å²) in [6.07, 6.45) is 20.4. The summed E-state index contributed by atoms with van der Waals surface area (Å²) in [5.74, 6) is 1.10. The number of benzene rings is 1. The molecule has 0 N–H and O–H groups in total. The molecule has 2 aliphatic rings. The highest BCUT2D eigenvalue weighted by atomic mass is 15.1. The predicted octanol–water partition coefficient (Wildman–Crippen LogP) is 6.55. The summed E-state index contributed by atoms with van der Waals surface area (Å²) in [6, 6.07) is 22.8. The minimum Gasteiger partial charge on any atom is -0.261 e. The zero-order valence-electron chi connectivity index (χ0n) is 23.5. The van der Waals surface area contributed by atoms with Gasteiger partial charge in [-0.05, 0) is 67.5 Å². The maximum Gasteiger partial charge on any atom is 0.146 e. The van der Waals surface area contributed by atoms with Gasteiger partial charge in [0.1, 0.15) is 11.2 Å². The van der Waals surface area contributed by atoms with Crippen LogP contribution in [0.15, 0.2) is 116 Å². The fourth-order valence-electron chi connectivity index (χ4n) is 7.66. The van der Waals surface area contributed by atoms with E-state index in [-0.39, 0.29) is 0 Å². The highest BCUT2D eigenvalue weighted by Gasteiger charge is 2.64. The Morgan fingerprint density at radius 1 is 0.643 bits per heavy atom. The van der Waals surface area contributed by atoms with Crippen molar-refractivity contribution in [3.63, 3.8) is 0 Å². The van der Waals surface area contributed by atoms with Gasteiger partial charge in [0.2, 0.25) is 0 Å². The molecule has 1 saturated carbocycles. The molecule has 0 bridgehead atoms. The van der Waals surface area contributed by atoms with Gasteiger partial charge in [-0.15, -0.1) is 0 Å².